The molecule has 0 N–H and O–H groups in total. The minimum atomic E-state index is -1.77. The van der Waals surface area contributed by atoms with E-state index in [4.69, 9.17) is 18.6 Å². The molecule has 1 saturated heterocycles. The highest BCUT2D eigenvalue weighted by molar-refractivity contribution is 6.74. The first-order chi connectivity index (χ1) is 11.7. The maximum atomic E-state index is 6.60. The summed E-state index contributed by atoms with van der Waals surface area (Å²) in [6.45, 7) is 13.7. The highest BCUT2D eigenvalue weighted by Gasteiger charge is 2.40. The van der Waals surface area contributed by atoms with Crippen LogP contribution in [0.3, 0.4) is 0 Å². The first kappa shape index (κ1) is 20.4. The van der Waals surface area contributed by atoms with Crippen molar-refractivity contribution in [3.8, 4) is 5.75 Å². The minimum absolute atomic E-state index is 0.222. The van der Waals surface area contributed by atoms with Gasteiger partial charge in [-0.05, 0) is 42.2 Å². The molecule has 0 bridgehead atoms. The molecule has 1 heterocycles. The number of benzene rings is 1. The molecule has 142 valence electrons. The lowest BCUT2D eigenvalue weighted by Crippen LogP contribution is -2.44. The largest absolute Gasteiger partial charge is 0.497 e. The Labute approximate surface area is 153 Å². The predicted octanol–water partition coefficient (Wildman–Crippen LogP) is 4.78. The molecule has 2 rings (SSSR count). The summed E-state index contributed by atoms with van der Waals surface area (Å²) in [7, 11) is -0.0885. The maximum absolute atomic E-state index is 6.60. The minimum Gasteiger partial charge on any atom is -0.497 e. The molecule has 1 aliphatic rings. The Hall–Kier alpha value is -0.883. The van der Waals surface area contributed by atoms with Crippen LogP contribution in [0.4, 0.5) is 0 Å². The van der Waals surface area contributed by atoms with E-state index in [1.165, 1.54) is 0 Å². The van der Waals surface area contributed by atoms with Crippen LogP contribution < -0.4 is 4.74 Å². The second-order valence-electron chi connectivity index (χ2n) is 8.38. The van der Waals surface area contributed by atoms with E-state index in [1.54, 1.807) is 7.11 Å². The summed E-state index contributed by atoms with van der Waals surface area (Å²) >= 11 is 0. The predicted molar refractivity (Wildman–Crippen MR) is 104 cm³/mol. The smallest absolute Gasteiger partial charge is 0.192 e. The zero-order chi connectivity index (χ0) is 18.5. The highest BCUT2D eigenvalue weighted by Crippen LogP contribution is 2.38. The third kappa shape index (κ3) is 6.74. The molecule has 1 aromatic rings. The van der Waals surface area contributed by atoms with Gasteiger partial charge in [0.1, 0.15) is 5.75 Å². The van der Waals surface area contributed by atoms with Crippen molar-refractivity contribution in [2.45, 2.75) is 70.6 Å². The lowest BCUT2D eigenvalue weighted by molar-refractivity contribution is 0.0710. The molecule has 2 atom stereocenters. The Morgan fingerprint density at radius 1 is 1.20 bits per heavy atom. The third-order valence-corrected chi connectivity index (χ3v) is 9.74. The van der Waals surface area contributed by atoms with E-state index in [1.807, 2.05) is 24.3 Å². The Morgan fingerprint density at radius 3 is 2.36 bits per heavy atom. The van der Waals surface area contributed by atoms with Crippen LogP contribution in [0, 0.1) is 0 Å². The molecule has 1 aliphatic heterocycles. The average molecular weight is 367 g/mol. The van der Waals surface area contributed by atoms with Gasteiger partial charge >= 0.3 is 0 Å². The van der Waals surface area contributed by atoms with E-state index in [0.29, 0.717) is 19.3 Å². The second kappa shape index (κ2) is 8.67. The quantitative estimate of drug-likeness (QED) is 0.339. The van der Waals surface area contributed by atoms with Crippen LogP contribution in [0.5, 0.6) is 5.75 Å². The Morgan fingerprint density at radius 2 is 1.84 bits per heavy atom. The van der Waals surface area contributed by atoms with E-state index >= 15 is 0 Å². The van der Waals surface area contributed by atoms with Gasteiger partial charge in [-0.2, -0.15) is 0 Å². The molecule has 0 aromatic heterocycles. The molecule has 0 amide bonds. The molecule has 1 aromatic carbocycles. The summed E-state index contributed by atoms with van der Waals surface area (Å²) < 4.78 is 23.1. The van der Waals surface area contributed by atoms with Gasteiger partial charge in [0, 0.05) is 19.1 Å². The van der Waals surface area contributed by atoms with Crippen molar-refractivity contribution >= 4 is 8.32 Å². The third-order valence-electron chi connectivity index (χ3n) is 5.21. The molecule has 0 aliphatic carbocycles. The molecule has 4 nitrogen and oxygen atoms in total. The van der Waals surface area contributed by atoms with Gasteiger partial charge in [0.25, 0.3) is 0 Å². The van der Waals surface area contributed by atoms with Crippen molar-refractivity contribution in [1.82, 2.24) is 0 Å². The molecule has 25 heavy (non-hydrogen) atoms. The van der Waals surface area contributed by atoms with Crippen molar-refractivity contribution in [2.24, 2.45) is 0 Å². The number of ether oxygens (including phenoxy) is 3. The molecular weight excluding hydrogens is 332 g/mol. The second-order valence-corrected chi connectivity index (χ2v) is 13.1. The summed E-state index contributed by atoms with van der Waals surface area (Å²) in [6.07, 6.45) is 2.52. The number of rotatable bonds is 10. The fourth-order valence-electron chi connectivity index (χ4n) is 2.44. The van der Waals surface area contributed by atoms with Gasteiger partial charge in [-0.25, -0.2) is 0 Å². The standard InChI is InChI=1S/C20H34O4Si/c1-20(2,3)25(5,6)24-18(13-19-15-23-19)11-12-22-14-16-7-9-17(21-4)10-8-16/h7-10,18-19H,11-15H2,1-6H3/t18-,19+/m1/s1. The zero-order valence-corrected chi connectivity index (χ0v) is 17.6. The van der Waals surface area contributed by atoms with Crippen LogP contribution in [-0.2, 0) is 20.5 Å². The molecular formula is C20H34O4Si. The van der Waals surface area contributed by atoms with Crippen LogP contribution in [0.2, 0.25) is 18.1 Å². The van der Waals surface area contributed by atoms with Crippen LogP contribution in [0.25, 0.3) is 0 Å². The fraction of sp³-hybridized carbons (Fsp3) is 0.700. The lowest BCUT2D eigenvalue weighted by Gasteiger charge is -2.39. The first-order valence-corrected chi connectivity index (χ1v) is 12.1. The van der Waals surface area contributed by atoms with Crippen molar-refractivity contribution in [1.29, 1.82) is 0 Å². The first-order valence-electron chi connectivity index (χ1n) is 9.21. The molecule has 0 spiro atoms. The number of hydrogen-bond acceptors (Lipinski definition) is 4. The van der Waals surface area contributed by atoms with Gasteiger partial charge in [0.15, 0.2) is 8.32 Å². The lowest BCUT2D eigenvalue weighted by atomic mass is 10.1. The zero-order valence-electron chi connectivity index (χ0n) is 16.6. The van der Waals surface area contributed by atoms with E-state index in [0.717, 1.165) is 30.8 Å². The maximum Gasteiger partial charge on any atom is 0.192 e. The molecule has 0 saturated carbocycles. The monoisotopic (exact) mass is 366 g/mol. The molecule has 5 heteroatoms. The fourth-order valence-corrected chi connectivity index (χ4v) is 3.84. The van der Waals surface area contributed by atoms with Crippen molar-refractivity contribution < 1.29 is 18.6 Å². The van der Waals surface area contributed by atoms with Gasteiger partial charge in [-0.3, -0.25) is 0 Å². The van der Waals surface area contributed by atoms with Crippen LogP contribution >= 0.6 is 0 Å². The van der Waals surface area contributed by atoms with E-state index in [2.05, 4.69) is 33.9 Å². The van der Waals surface area contributed by atoms with Crippen LogP contribution in [-0.4, -0.2) is 40.8 Å². The van der Waals surface area contributed by atoms with Gasteiger partial charge in [-0.1, -0.05) is 32.9 Å². The summed E-state index contributed by atoms with van der Waals surface area (Å²) in [4.78, 5) is 0. The number of hydrogen-bond donors (Lipinski definition) is 0. The summed E-state index contributed by atoms with van der Waals surface area (Å²) in [6, 6.07) is 8.01. The summed E-state index contributed by atoms with van der Waals surface area (Å²) in [5, 5.41) is 0.222. The molecule has 0 unspecified atom stereocenters. The van der Waals surface area contributed by atoms with Crippen molar-refractivity contribution in [2.75, 3.05) is 20.3 Å². The summed E-state index contributed by atoms with van der Waals surface area (Å²) in [5.74, 6) is 0.871. The topological polar surface area (TPSA) is 40.2 Å². The van der Waals surface area contributed by atoms with E-state index in [9.17, 15) is 0 Å². The van der Waals surface area contributed by atoms with Crippen molar-refractivity contribution in [3.05, 3.63) is 29.8 Å². The molecule has 0 radical (unpaired) electrons. The SMILES string of the molecule is COc1ccc(COCC[C@H](C[C@H]2CO2)O[Si](C)(C)C(C)(C)C)cc1. The van der Waals surface area contributed by atoms with Crippen molar-refractivity contribution in [3.63, 3.8) is 0 Å². The summed E-state index contributed by atoms with van der Waals surface area (Å²) in [5.41, 5.74) is 1.16. The Balaban J connectivity index is 1.79. The van der Waals surface area contributed by atoms with Gasteiger partial charge in [0.2, 0.25) is 0 Å². The van der Waals surface area contributed by atoms with Gasteiger partial charge in [0.05, 0.1) is 26.4 Å². The highest BCUT2D eigenvalue weighted by atomic mass is 28.4. The van der Waals surface area contributed by atoms with Crippen LogP contribution in [0.1, 0.15) is 39.2 Å². The normalized spacial score (nSPS) is 18.9. The van der Waals surface area contributed by atoms with Crippen LogP contribution in [0.15, 0.2) is 24.3 Å². The Kier molecular flexibility index (Phi) is 7.08. The van der Waals surface area contributed by atoms with E-state index < -0.39 is 8.32 Å². The number of epoxide rings is 1. The Bertz CT molecular complexity index is 517. The van der Waals surface area contributed by atoms with E-state index in [-0.39, 0.29) is 11.1 Å². The average Bonchev–Trinajstić information content (AvgIpc) is 3.34. The molecule has 1 fully saturated rings. The van der Waals surface area contributed by atoms with Gasteiger partial charge in [-0.15, -0.1) is 0 Å². The van der Waals surface area contributed by atoms with Gasteiger partial charge < -0.3 is 18.6 Å². The number of methoxy groups -OCH3 is 1.